The van der Waals surface area contributed by atoms with E-state index < -0.39 is 43.5 Å². The topological polar surface area (TPSA) is 54.4 Å². The van der Waals surface area contributed by atoms with Crippen molar-refractivity contribution in [2.24, 2.45) is 0 Å². The third-order valence-electron chi connectivity index (χ3n) is 4.77. The minimum atomic E-state index is -4.67. The van der Waals surface area contributed by atoms with Crippen molar-refractivity contribution < 1.29 is 31.1 Å². The molecular weight excluding hydrogens is 336 g/mol. The van der Waals surface area contributed by atoms with E-state index in [1.807, 2.05) is 0 Å². The first kappa shape index (κ1) is 16.7. The number of hydrogen-bond acceptors (Lipinski definition) is 3. The van der Waals surface area contributed by atoms with E-state index in [4.69, 9.17) is 0 Å². The van der Waals surface area contributed by atoms with Crippen LogP contribution in [0.2, 0.25) is 0 Å². The van der Waals surface area contributed by atoms with Gasteiger partial charge in [0.05, 0.1) is 21.7 Å². The summed E-state index contributed by atoms with van der Waals surface area (Å²) in [7, 11) is -3.25. The molecule has 3 rings (SSSR count). The highest BCUT2D eigenvalue weighted by Gasteiger charge is 2.52. The van der Waals surface area contributed by atoms with Gasteiger partial charge in [-0.05, 0) is 49.4 Å². The second kappa shape index (κ2) is 5.17. The standard InChI is InChI=1S/C15H16F4O3S/c16-11-4-9(3-10(5-11)15(17,18)19)6-14(20)7-12-1-2-13(8-14)23(12,21)22/h3-5,12-13,20H,1-2,6-8H2. The number of alkyl halides is 3. The van der Waals surface area contributed by atoms with Crippen LogP contribution in [0.25, 0.3) is 0 Å². The summed E-state index contributed by atoms with van der Waals surface area (Å²) >= 11 is 0. The van der Waals surface area contributed by atoms with E-state index in [-0.39, 0.29) is 24.8 Å². The highest BCUT2D eigenvalue weighted by molar-refractivity contribution is 7.93. The highest BCUT2D eigenvalue weighted by atomic mass is 32.2. The Hall–Kier alpha value is -1.15. The monoisotopic (exact) mass is 352 g/mol. The van der Waals surface area contributed by atoms with E-state index in [0.717, 1.165) is 12.1 Å². The summed E-state index contributed by atoms with van der Waals surface area (Å²) < 4.78 is 75.8. The lowest BCUT2D eigenvalue weighted by molar-refractivity contribution is -0.137. The van der Waals surface area contributed by atoms with Gasteiger partial charge >= 0.3 is 6.18 Å². The number of aliphatic hydroxyl groups is 1. The number of hydrogen-bond donors (Lipinski definition) is 1. The fourth-order valence-corrected chi connectivity index (χ4v) is 6.34. The van der Waals surface area contributed by atoms with Gasteiger partial charge in [0.2, 0.25) is 0 Å². The maximum absolute atomic E-state index is 13.4. The molecule has 23 heavy (non-hydrogen) atoms. The van der Waals surface area contributed by atoms with Gasteiger partial charge in [-0.15, -0.1) is 0 Å². The van der Waals surface area contributed by atoms with Gasteiger partial charge in [0.1, 0.15) is 5.82 Å². The fraction of sp³-hybridized carbons (Fsp3) is 0.600. The van der Waals surface area contributed by atoms with Crippen LogP contribution in [0, 0.1) is 5.82 Å². The van der Waals surface area contributed by atoms with Gasteiger partial charge < -0.3 is 5.11 Å². The molecule has 0 amide bonds. The molecule has 1 aromatic carbocycles. The van der Waals surface area contributed by atoms with Crippen LogP contribution in [0.3, 0.4) is 0 Å². The minimum Gasteiger partial charge on any atom is -0.389 e. The number of sulfone groups is 1. The molecule has 0 spiro atoms. The Kier molecular flexibility index (Phi) is 3.76. The summed E-state index contributed by atoms with van der Waals surface area (Å²) in [5.41, 5.74) is -2.49. The first-order chi connectivity index (χ1) is 10.5. The van der Waals surface area contributed by atoms with Crippen LogP contribution < -0.4 is 0 Å². The molecule has 2 atom stereocenters. The van der Waals surface area contributed by atoms with E-state index in [0.29, 0.717) is 18.9 Å². The molecule has 2 unspecified atom stereocenters. The number of benzene rings is 1. The fourth-order valence-electron chi connectivity index (χ4n) is 3.78. The van der Waals surface area contributed by atoms with Gasteiger partial charge in [-0.3, -0.25) is 0 Å². The lowest BCUT2D eigenvalue weighted by Crippen LogP contribution is -2.46. The Morgan fingerprint density at radius 3 is 2.22 bits per heavy atom. The molecule has 0 aromatic heterocycles. The van der Waals surface area contributed by atoms with Gasteiger partial charge in [0.15, 0.2) is 9.84 Å². The quantitative estimate of drug-likeness (QED) is 0.833. The smallest absolute Gasteiger partial charge is 0.389 e. The van der Waals surface area contributed by atoms with Gasteiger partial charge in [0, 0.05) is 6.42 Å². The minimum absolute atomic E-state index is 0.0102. The van der Waals surface area contributed by atoms with Crippen molar-refractivity contribution in [1.82, 2.24) is 0 Å². The van der Waals surface area contributed by atoms with E-state index in [2.05, 4.69) is 0 Å². The van der Waals surface area contributed by atoms with Crippen molar-refractivity contribution in [3.8, 4) is 0 Å². The molecule has 8 heteroatoms. The molecule has 3 nitrogen and oxygen atoms in total. The lowest BCUT2D eigenvalue weighted by Gasteiger charge is -2.36. The van der Waals surface area contributed by atoms with Crippen molar-refractivity contribution >= 4 is 9.84 Å². The van der Waals surface area contributed by atoms with Crippen molar-refractivity contribution in [1.29, 1.82) is 0 Å². The van der Waals surface area contributed by atoms with Crippen molar-refractivity contribution in [2.45, 2.75) is 54.4 Å². The first-order valence-corrected chi connectivity index (χ1v) is 8.92. The molecule has 128 valence electrons. The second-order valence-electron chi connectivity index (χ2n) is 6.57. The van der Waals surface area contributed by atoms with Crippen LogP contribution in [0.5, 0.6) is 0 Å². The van der Waals surface area contributed by atoms with E-state index in [1.165, 1.54) is 0 Å². The summed E-state index contributed by atoms with van der Waals surface area (Å²) in [5, 5.41) is 9.35. The van der Waals surface area contributed by atoms with Gasteiger partial charge in [-0.1, -0.05) is 0 Å². The number of halogens is 4. The molecule has 2 aliphatic rings. The zero-order chi connectivity index (χ0) is 17.0. The Balaban J connectivity index is 1.87. The van der Waals surface area contributed by atoms with Crippen LogP contribution >= 0.6 is 0 Å². The maximum Gasteiger partial charge on any atom is 0.416 e. The predicted molar refractivity (Wildman–Crippen MR) is 75.0 cm³/mol. The molecule has 2 fully saturated rings. The Bertz CT molecular complexity index is 707. The second-order valence-corrected chi connectivity index (χ2v) is 9.08. The van der Waals surface area contributed by atoms with Crippen LogP contribution in [0.15, 0.2) is 18.2 Å². The Morgan fingerprint density at radius 2 is 1.70 bits per heavy atom. The number of fused-ring (bicyclic) bond motifs is 2. The highest BCUT2D eigenvalue weighted by Crippen LogP contribution is 2.44. The molecule has 2 heterocycles. The first-order valence-electron chi connectivity index (χ1n) is 7.31. The zero-order valence-corrected chi connectivity index (χ0v) is 12.9. The molecular formula is C15H16F4O3S. The Morgan fingerprint density at radius 1 is 1.13 bits per heavy atom. The van der Waals surface area contributed by atoms with Gasteiger partial charge in [-0.25, -0.2) is 12.8 Å². The summed E-state index contributed by atoms with van der Waals surface area (Å²) in [6.07, 6.45) is -3.95. The number of rotatable bonds is 2. The van der Waals surface area contributed by atoms with Gasteiger partial charge in [-0.2, -0.15) is 13.2 Å². The summed E-state index contributed by atoms with van der Waals surface area (Å²) in [4.78, 5) is 0. The predicted octanol–water partition coefficient (Wildman–Crippen LogP) is 2.86. The molecule has 2 saturated heterocycles. The third-order valence-corrected chi connectivity index (χ3v) is 7.44. The summed E-state index contributed by atoms with van der Waals surface area (Å²) in [6.45, 7) is 0. The van der Waals surface area contributed by atoms with E-state index >= 15 is 0 Å². The summed E-state index contributed by atoms with van der Waals surface area (Å²) in [5.74, 6) is -1.02. The normalized spacial score (nSPS) is 32.9. The van der Waals surface area contributed by atoms with Crippen molar-refractivity contribution in [3.63, 3.8) is 0 Å². The SMILES string of the molecule is O=S1(=O)C2CCC1CC(O)(Cc1cc(F)cc(C(F)(F)F)c1)C2. The average Bonchev–Trinajstić information content (AvgIpc) is 2.57. The zero-order valence-electron chi connectivity index (χ0n) is 12.1. The molecule has 2 bridgehead atoms. The van der Waals surface area contributed by atoms with Crippen LogP contribution in [0.4, 0.5) is 17.6 Å². The molecule has 2 aliphatic heterocycles. The third kappa shape index (κ3) is 3.10. The lowest BCUT2D eigenvalue weighted by atomic mass is 9.86. The average molecular weight is 352 g/mol. The molecule has 1 aromatic rings. The van der Waals surface area contributed by atoms with Crippen molar-refractivity contribution in [2.75, 3.05) is 0 Å². The van der Waals surface area contributed by atoms with Crippen LogP contribution in [-0.2, 0) is 22.4 Å². The molecule has 0 saturated carbocycles. The maximum atomic E-state index is 13.4. The summed E-state index contributed by atoms with van der Waals surface area (Å²) in [6, 6.07) is 2.17. The molecule has 1 N–H and O–H groups in total. The van der Waals surface area contributed by atoms with Crippen molar-refractivity contribution in [3.05, 3.63) is 35.1 Å². The Labute approximate surface area is 131 Å². The molecule has 0 radical (unpaired) electrons. The molecule has 0 aliphatic carbocycles. The van der Waals surface area contributed by atoms with Crippen LogP contribution in [0.1, 0.15) is 36.8 Å². The van der Waals surface area contributed by atoms with E-state index in [1.54, 1.807) is 0 Å². The largest absolute Gasteiger partial charge is 0.416 e. The van der Waals surface area contributed by atoms with Crippen LogP contribution in [-0.4, -0.2) is 29.6 Å². The van der Waals surface area contributed by atoms with E-state index in [9.17, 15) is 31.1 Å². The van der Waals surface area contributed by atoms with Gasteiger partial charge in [0.25, 0.3) is 0 Å².